The van der Waals surface area contributed by atoms with Gasteiger partial charge >= 0.3 is 0 Å². The van der Waals surface area contributed by atoms with Crippen molar-refractivity contribution in [2.24, 2.45) is 0 Å². The molecule has 2 heteroatoms. The zero-order valence-electron chi connectivity index (χ0n) is 14.8. The van der Waals surface area contributed by atoms with Crippen LogP contribution in [0, 0.1) is 0 Å². The molecular weight excluding hydrogens is 296 g/mol. The van der Waals surface area contributed by atoms with Gasteiger partial charge in [0.2, 0.25) is 0 Å². The molecule has 1 aliphatic heterocycles. The monoisotopic (exact) mass is 324 g/mol. The summed E-state index contributed by atoms with van der Waals surface area (Å²) in [6, 6.07) is 17.6. The Balaban J connectivity index is 1.63. The molecule has 24 heavy (non-hydrogen) atoms. The van der Waals surface area contributed by atoms with Gasteiger partial charge in [0, 0.05) is 0 Å². The fourth-order valence-corrected chi connectivity index (χ4v) is 3.27. The van der Waals surface area contributed by atoms with Crippen molar-refractivity contribution in [1.29, 1.82) is 0 Å². The van der Waals surface area contributed by atoms with E-state index in [0.29, 0.717) is 13.2 Å². The van der Waals surface area contributed by atoms with Gasteiger partial charge < -0.3 is 9.47 Å². The molecule has 0 radical (unpaired) electrons. The van der Waals surface area contributed by atoms with Gasteiger partial charge in [-0.3, -0.25) is 0 Å². The largest absolute Gasteiger partial charge is 0.373 e. The normalized spacial score (nSPS) is 20.9. The highest BCUT2D eigenvalue weighted by Gasteiger charge is 2.22. The molecule has 3 rings (SSSR count). The van der Waals surface area contributed by atoms with Crippen LogP contribution in [-0.4, -0.2) is 19.3 Å². The summed E-state index contributed by atoms with van der Waals surface area (Å²) < 4.78 is 11.9. The molecule has 2 aromatic rings. The molecule has 0 spiro atoms. The topological polar surface area (TPSA) is 18.5 Å². The van der Waals surface area contributed by atoms with Crippen molar-refractivity contribution in [2.45, 2.75) is 51.7 Å². The van der Waals surface area contributed by atoms with Crippen molar-refractivity contribution in [3.8, 4) is 11.1 Å². The molecular formula is C22H28O2. The maximum absolute atomic E-state index is 5.99. The fourth-order valence-electron chi connectivity index (χ4n) is 3.27. The molecule has 2 nitrogen and oxygen atoms in total. The summed E-state index contributed by atoms with van der Waals surface area (Å²) in [5.74, 6) is 0. The lowest BCUT2D eigenvalue weighted by molar-refractivity contribution is -0.137. The second-order valence-electron chi connectivity index (χ2n) is 6.63. The molecule has 2 atom stereocenters. The number of ether oxygens (including phenoxy) is 2. The van der Waals surface area contributed by atoms with E-state index in [9.17, 15) is 0 Å². The number of hydrogen-bond donors (Lipinski definition) is 0. The lowest BCUT2D eigenvalue weighted by Crippen LogP contribution is -2.30. The number of benzene rings is 2. The zero-order valence-corrected chi connectivity index (χ0v) is 14.8. The molecule has 1 fully saturated rings. The minimum absolute atomic E-state index is 0.0686. The Bertz CT molecular complexity index is 607. The molecule has 128 valence electrons. The van der Waals surface area contributed by atoms with Crippen LogP contribution in [0.1, 0.15) is 50.3 Å². The molecule has 2 aromatic carbocycles. The van der Waals surface area contributed by atoms with E-state index in [0.717, 1.165) is 19.3 Å². The second-order valence-corrected chi connectivity index (χ2v) is 6.63. The average Bonchev–Trinajstić information content (AvgIpc) is 2.64. The predicted octanol–water partition coefficient (Wildman–Crippen LogP) is 5.56. The van der Waals surface area contributed by atoms with Gasteiger partial charge in [0.15, 0.2) is 0 Å². The Labute approximate surface area is 145 Å². The van der Waals surface area contributed by atoms with E-state index in [1.807, 2.05) is 0 Å². The average molecular weight is 324 g/mol. The van der Waals surface area contributed by atoms with Crippen LogP contribution in [0.2, 0.25) is 0 Å². The summed E-state index contributed by atoms with van der Waals surface area (Å²) in [5, 5.41) is 0. The van der Waals surface area contributed by atoms with Crippen LogP contribution >= 0.6 is 0 Å². The van der Waals surface area contributed by atoms with Crippen molar-refractivity contribution < 1.29 is 9.47 Å². The van der Waals surface area contributed by atoms with Crippen LogP contribution in [-0.2, 0) is 15.9 Å². The van der Waals surface area contributed by atoms with Crippen LogP contribution in [0.5, 0.6) is 0 Å². The molecule has 0 saturated carbocycles. The molecule has 1 heterocycles. The van der Waals surface area contributed by atoms with E-state index in [2.05, 4.69) is 62.4 Å². The minimum Gasteiger partial charge on any atom is -0.373 e. The molecule has 0 aliphatic carbocycles. The number of hydrogen-bond acceptors (Lipinski definition) is 2. The van der Waals surface area contributed by atoms with E-state index < -0.39 is 0 Å². The zero-order chi connectivity index (χ0) is 16.8. The van der Waals surface area contributed by atoms with E-state index >= 15 is 0 Å². The molecule has 2 unspecified atom stereocenters. The Morgan fingerprint density at radius 3 is 2.00 bits per heavy atom. The van der Waals surface area contributed by atoms with Gasteiger partial charge in [0.1, 0.15) is 6.10 Å². The van der Waals surface area contributed by atoms with Gasteiger partial charge in [-0.1, -0.05) is 75.2 Å². The third-order valence-corrected chi connectivity index (χ3v) is 4.69. The van der Waals surface area contributed by atoms with Gasteiger partial charge in [-0.05, 0) is 35.1 Å². The fraction of sp³-hybridized carbons (Fsp3) is 0.455. The van der Waals surface area contributed by atoms with Gasteiger partial charge in [0.25, 0.3) is 0 Å². The van der Waals surface area contributed by atoms with Crippen LogP contribution in [0.4, 0.5) is 0 Å². The SMILES string of the molecule is CCCc1ccc(-c2ccc(C3COC(CCC)CO3)cc2)cc1. The maximum atomic E-state index is 5.99. The Morgan fingerprint density at radius 1 is 0.792 bits per heavy atom. The highest BCUT2D eigenvalue weighted by atomic mass is 16.6. The van der Waals surface area contributed by atoms with E-state index in [1.165, 1.54) is 28.7 Å². The van der Waals surface area contributed by atoms with Crippen molar-refractivity contribution in [3.05, 3.63) is 59.7 Å². The van der Waals surface area contributed by atoms with Gasteiger partial charge in [0.05, 0.1) is 19.3 Å². The molecule has 0 bridgehead atoms. The molecule has 1 saturated heterocycles. The van der Waals surface area contributed by atoms with Crippen molar-refractivity contribution in [1.82, 2.24) is 0 Å². The summed E-state index contributed by atoms with van der Waals surface area (Å²) in [7, 11) is 0. The van der Waals surface area contributed by atoms with Gasteiger partial charge in [-0.2, -0.15) is 0 Å². The first-order chi connectivity index (χ1) is 11.8. The summed E-state index contributed by atoms with van der Waals surface area (Å²) >= 11 is 0. The smallest absolute Gasteiger partial charge is 0.106 e. The maximum Gasteiger partial charge on any atom is 0.106 e. The lowest BCUT2D eigenvalue weighted by atomic mass is 10.00. The van der Waals surface area contributed by atoms with E-state index in [4.69, 9.17) is 9.47 Å². The summed E-state index contributed by atoms with van der Waals surface area (Å²) in [6.07, 6.45) is 4.91. The third kappa shape index (κ3) is 4.25. The van der Waals surface area contributed by atoms with E-state index in [1.54, 1.807) is 0 Å². The molecule has 0 amide bonds. The van der Waals surface area contributed by atoms with Gasteiger partial charge in [-0.15, -0.1) is 0 Å². The van der Waals surface area contributed by atoms with Crippen molar-refractivity contribution in [3.63, 3.8) is 0 Å². The lowest BCUT2D eigenvalue weighted by Gasteiger charge is -2.29. The Morgan fingerprint density at radius 2 is 1.46 bits per heavy atom. The number of rotatable bonds is 6. The van der Waals surface area contributed by atoms with Crippen LogP contribution in [0.15, 0.2) is 48.5 Å². The minimum atomic E-state index is 0.0686. The standard InChI is InChI=1S/C22H28O2/c1-3-5-17-7-9-18(10-8-17)19-11-13-20(14-12-19)22-16-23-21(6-4-2)15-24-22/h7-14,21-22H,3-6,15-16H2,1-2H3. The summed E-state index contributed by atoms with van der Waals surface area (Å²) in [4.78, 5) is 0. The van der Waals surface area contributed by atoms with Gasteiger partial charge in [-0.25, -0.2) is 0 Å². The first-order valence-electron chi connectivity index (χ1n) is 9.22. The van der Waals surface area contributed by atoms with E-state index in [-0.39, 0.29) is 12.2 Å². The van der Waals surface area contributed by atoms with Crippen molar-refractivity contribution >= 4 is 0 Å². The first-order valence-corrected chi connectivity index (χ1v) is 9.22. The van der Waals surface area contributed by atoms with Crippen molar-refractivity contribution in [2.75, 3.05) is 13.2 Å². The van der Waals surface area contributed by atoms with Crippen LogP contribution < -0.4 is 0 Å². The number of aryl methyl sites for hydroxylation is 1. The Hall–Kier alpha value is -1.64. The summed E-state index contributed by atoms with van der Waals surface area (Å²) in [5.41, 5.74) is 5.14. The predicted molar refractivity (Wildman–Crippen MR) is 99.2 cm³/mol. The highest BCUT2D eigenvalue weighted by Crippen LogP contribution is 2.27. The molecule has 0 N–H and O–H groups in total. The van der Waals surface area contributed by atoms with Crippen LogP contribution in [0.25, 0.3) is 11.1 Å². The quantitative estimate of drug-likeness (QED) is 0.692. The summed E-state index contributed by atoms with van der Waals surface area (Å²) in [6.45, 7) is 5.77. The second kappa shape index (κ2) is 8.46. The van der Waals surface area contributed by atoms with Crippen LogP contribution in [0.3, 0.4) is 0 Å². The Kier molecular flexibility index (Phi) is 6.06. The molecule has 1 aliphatic rings. The third-order valence-electron chi connectivity index (χ3n) is 4.69. The highest BCUT2D eigenvalue weighted by molar-refractivity contribution is 5.64. The molecule has 0 aromatic heterocycles. The first kappa shape index (κ1) is 17.2.